The Labute approximate surface area is 139 Å². The number of hydrogen-bond acceptors (Lipinski definition) is 6. The average Bonchev–Trinajstić information content (AvgIpc) is 2.94. The fourth-order valence-electron chi connectivity index (χ4n) is 2.37. The molecule has 0 fully saturated rings. The zero-order valence-corrected chi connectivity index (χ0v) is 13.9. The molecule has 0 amide bonds. The number of ether oxygens (including phenoxy) is 1. The molecule has 2 aromatic heterocycles. The second-order valence-corrected chi connectivity index (χ2v) is 6.71. The maximum absolute atomic E-state index is 9.52. The van der Waals surface area contributed by atoms with E-state index in [0.717, 1.165) is 5.52 Å². The largest absolute Gasteiger partial charge is 0.486 e. The smallest absolute Gasteiger partial charge is 0.140 e. The Kier molecular flexibility index (Phi) is 4.13. The summed E-state index contributed by atoms with van der Waals surface area (Å²) in [5.74, 6) is 0.471. The third kappa shape index (κ3) is 3.33. The van der Waals surface area contributed by atoms with Gasteiger partial charge in [0.15, 0.2) is 0 Å². The Morgan fingerprint density at radius 2 is 2.08 bits per heavy atom. The van der Waals surface area contributed by atoms with Crippen molar-refractivity contribution in [1.29, 1.82) is 5.26 Å². The molecule has 0 aliphatic carbocycles. The third-order valence-corrected chi connectivity index (χ3v) is 3.38. The van der Waals surface area contributed by atoms with Gasteiger partial charge in [0, 0.05) is 18.9 Å². The van der Waals surface area contributed by atoms with Crippen molar-refractivity contribution < 1.29 is 4.74 Å². The molecule has 122 valence electrons. The molecule has 0 bridgehead atoms. The lowest BCUT2D eigenvalue weighted by Crippen LogP contribution is -2.16. The minimum absolute atomic E-state index is 0.0641. The van der Waals surface area contributed by atoms with E-state index >= 15 is 0 Å². The molecule has 3 rings (SSSR count). The van der Waals surface area contributed by atoms with Crippen LogP contribution in [-0.4, -0.2) is 25.0 Å². The summed E-state index contributed by atoms with van der Waals surface area (Å²) in [6.07, 6.45) is 4.83. The lowest BCUT2D eigenvalue weighted by Gasteiger charge is -2.17. The highest BCUT2D eigenvalue weighted by atomic mass is 16.5. The maximum Gasteiger partial charge on any atom is 0.140 e. The third-order valence-electron chi connectivity index (χ3n) is 3.38. The van der Waals surface area contributed by atoms with Crippen molar-refractivity contribution >= 4 is 11.0 Å². The van der Waals surface area contributed by atoms with Gasteiger partial charge in [-0.1, -0.05) is 26.0 Å². The molecule has 1 aromatic carbocycles. The van der Waals surface area contributed by atoms with Crippen LogP contribution in [0.2, 0.25) is 0 Å². The van der Waals surface area contributed by atoms with E-state index in [-0.39, 0.29) is 12.0 Å². The number of rotatable bonds is 4. The molecule has 24 heavy (non-hydrogen) atoms. The highest BCUT2D eigenvalue weighted by Gasteiger charge is 2.18. The summed E-state index contributed by atoms with van der Waals surface area (Å²) < 4.78 is 7.55. The van der Waals surface area contributed by atoms with Gasteiger partial charge < -0.3 is 4.74 Å². The standard InChI is InChI=1S/C17H18N6O/c1-17(2,3)11-23-14-4-5-15(13(8-18)16(14)21-22-23)24-10-12-9-19-6-7-20-12/h4-7,9H,10-11H2,1-3H3. The minimum atomic E-state index is 0.0641. The molecule has 0 N–H and O–H groups in total. The van der Waals surface area contributed by atoms with Crippen LogP contribution in [0.25, 0.3) is 11.0 Å². The number of aromatic nitrogens is 5. The van der Waals surface area contributed by atoms with E-state index in [2.05, 4.69) is 47.1 Å². The monoisotopic (exact) mass is 322 g/mol. The van der Waals surface area contributed by atoms with E-state index in [1.54, 1.807) is 24.7 Å². The lowest BCUT2D eigenvalue weighted by molar-refractivity contribution is 0.300. The molecule has 7 heteroatoms. The molecule has 7 nitrogen and oxygen atoms in total. The fourth-order valence-corrected chi connectivity index (χ4v) is 2.37. The first-order valence-electron chi connectivity index (χ1n) is 7.62. The van der Waals surface area contributed by atoms with E-state index in [9.17, 15) is 5.26 Å². The average molecular weight is 322 g/mol. The van der Waals surface area contributed by atoms with Crippen LogP contribution < -0.4 is 4.74 Å². The zero-order valence-electron chi connectivity index (χ0n) is 13.9. The van der Waals surface area contributed by atoms with Gasteiger partial charge in [0.05, 0.1) is 17.4 Å². The first kappa shape index (κ1) is 15.9. The van der Waals surface area contributed by atoms with E-state index < -0.39 is 0 Å². The topological polar surface area (TPSA) is 89.5 Å². The molecule has 0 atom stereocenters. The number of fused-ring (bicyclic) bond motifs is 1. The Bertz CT molecular complexity index is 889. The van der Waals surface area contributed by atoms with Crippen molar-refractivity contribution in [3.05, 3.63) is 42.0 Å². The van der Waals surface area contributed by atoms with Crippen molar-refractivity contribution in [2.24, 2.45) is 5.41 Å². The van der Waals surface area contributed by atoms with Crippen LogP contribution in [0.5, 0.6) is 5.75 Å². The number of benzene rings is 1. The SMILES string of the molecule is CC(C)(C)Cn1nnc2c(C#N)c(OCc3cnccn3)ccc21. The number of nitrogens with zero attached hydrogens (tertiary/aromatic N) is 6. The van der Waals surface area contributed by atoms with E-state index in [1.165, 1.54) is 0 Å². The summed E-state index contributed by atoms with van der Waals surface area (Å²) in [5, 5.41) is 17.9. The summed E-state index contributed by atoms with van der Waals surface area (Å²) >= 11 is 0. The first-order valence-corrected chi connectivity index (χ1v) is 7.62. The molecule has 0 spiro atoms. The van der Waals surface area contributed by atoms with Crippen LogP contribution in [0, 0.1) is 16.7 Å². The molecule has 2 heterocycles. The van der Waals surface area contributed by atoms with Crippen LogP contribution in [0.1, 0.15) is 32.0 Å². The number of hydrogen-bond donors (Lipinski definition) is 0. The van der Waals surface area contributed by atoms with Crippen LogP contribution in [0.15, 0.2) is 30.7 Å². The summed E-state index contributed by atoms with van der Waals surface area (Å²) in [6.45, 7) is 7.34. The van der Waals surface area contributed by atoms with Gasteiger partial charge in [-0.25, -0.2) is 4.68 Å². The highest BCUT2D eigenvalue weighted by molar-refractivity contribution is 5.83. The van der Waals surface area contributed by atoms with Gasteiger partial charge in [-0.2, -0.15) is 5.26 Å². The number of nitriles is 1. The van der Waals surface area contributed by atoms with Gasteiger partial charge >= 0.3 is 0 Å². The van der Waals surface area contributed by atoms with Gasteiger partial charge in [0.25, 0.3) is 0 Å². The normalized spacial score (nSPS) is 11.4. The zero-order chi connectivity index (χ0) is 17.2. The van der Waals surface area contributed by atoms with Crippen LogP contribution in [0.3, 0.4) is 0 Å². The summed E-state index contributed by atoms with van der Waals surface area (Å²) in [5.41, 5.74) is 2.52. The van der Waals surface area contributed by atoms with Gasteiger partial charge in [0.2, 0.25) is 0 Å². The summed E-state index contributed by atoms with van der Waals surface area (Å²) in [7, 11) is 0. The molecule has 0 saturated carbocycles. The van der Waals surface area contributed by atoms with Gasteiger partial charge in [-0.3, -0.25) is 9.97 Å². The maximum atomic E-state index is 9.52. The van der Waals surface area contributed by atoms with E-state index in [1.807, 2.05) is 10.7 Å². The van der Waals surface area contributed by atoms with Crippen LogP contribution >= 0.6 is 0 Å². The molecular formula is C17H18N6O. The Balaban J connectivity index is 1.92. The second-order valence-electron chi connectivity index (χ2n) is 6.71. The molecule has 0 radical (unpaired) electrons. The predicted molar refractivity (Wildman–Crippen MR) is 88.1 cm³/mol. The van der Waals surface area contributed by atoms with Gasteiger partial charge in [-0.05, 0) is 17.5 Å². The highest BCUT2D eigenvalue weighted by Crippen LogP contribution is 2.28. The van der Waals surface area contributed by atoms with Crippen LogP contribution in [0.4, 0.5) is 0 Å². The van der Waals surface area contributed by atoms with Crippen molar-refractivity contribution in [3.8, 4) is 11.8 Å². The van der Waals surface area contributed by atoms with E-state index in [4.69, 9.17) is 4.74 Å². The van der Waals surface area contributed by atoms with Crippen LogP contribution in [-0.2, 0) is 13.2 Å². The van der Waals surface area contributed by atoms with Crippen molar-refractivity contribution in [3.63, 3.8) is 0 Å². The predicted octanol–water partition coefficient (Wildman–Crippen LogP) is 2.72. The lowest BCUT2D eigenvalue weighted by atomic mass is 9.97. The Morgan fingerprint density at radius 3 is 2.75 bits per heavy atom. The fraction of sp³-hybridized carbons (Fsp3) is 0.353. The molecule has 0 aliphatic heterocycles. The summed E-state index contributed by atoms with van der Waals surface area (Å²) in [4.78, 5) is 8.15. The molecule has 3 aromatic rings. The van der Waals surface area contributed by atoms with Crippen molar-refractivity contribution in [2.75, 3.05) is 0 Å². The van der Waals surface area contributed by atoms with E-state index in [0.29, 0.717) is 29.1 Å². The molecule has 0 saturated heterocycles. The molecule has 0 unspecified atom stereocenters. The molecule has 0 aliphatic rings. The van der Waals surface area contributed by atoms with Gasteiger partial charge in [-0.15, -0.1) is 5.10 Å². The summed E-state index contributed by atoms with van der Waals surface area (Å²) in [6, 6.07) is 5.83. The Hall–Kier alpha value is -3.01. The van der Waals surface area contributed by atoms with Gasteiger partial charge in [0.1, 0.15) is 29.5 Å². The first-order chi connectivity index (χ1) is 11.5. The van der Waals surface area contributed by atoms with Crippen molar-refractivity contribution in [2.45, 2.75) is 33.9 Å². The second kappa shape index (κ2) is 6.24. The minimum Gasteiger partial charge on any atom is -0.486 e. The van der Waals surface area contributed by atoms with Crippen molar-refractivity contribution in [1.82, 2.24) is 25.0 Å². The quantitative estimate of drug-likeness (QED) is 0.733. The molecular weight excluding hydrogens is 304 g/mol. The Morgan fingerprint density at radius 1 is 1.25 bits per heavy atom.